The number of thiophene rings is 1. The number of likely N-dealkylation sites (N-methyl/N-ethyl adjacent to an activating group) is 1. The number of hydrogen-bond donors (Lipinski definition) is 1. The number of rotatable bonds is 5. The van der Waals surface area contributed by atoms with Gasteiger partial charge in [0.25, 0.3) is 0 Å². The number of nitrogens with zero attached hydrogens (tertiary/aromatic N) is 1. The van der Waals surface area contributed by atoms with Crippen LogP contribution in [-0.4, -0.2) is 34.8 Å². The zero-order valence-corrected chi connectivity index (χ0v) is 14.1. The number of sulfonamides is 1. The molecule has 2 heterocycles. The van der Waals surface area contributed by atoms with Crippen molar-refractivity contribution >= 4 is 53.5 Å². The third-order valence-electron chi connectivity index (χ3n) is 2.58. The molecule has 9 heteroatoms. The van der Waals surface area contributed by atoms with Crippen molar-refractivity contribution < 1.29 is 12.8 Å². The molecule has 1 N–H and O–H groups in total. The molecule has 0 spiro atoms. The Labute approximate surface area is 128 Å². The van der Waals surface area contributed by atoms with E-state index in [1.165, 1.54) is 17.4 Å². The standard InChI is InChI=1S/C11H13BrN2O4S2/c1-14(4-3-13-20(2,16)17)9-5-8(15)11-10(18-9)7(12)6-19-11/h5-6,13H,3-4H2,1-2H3. The van der Waals surface area contributed by atoms with Crippen molar-refractivity contribution in [1.82, 2.24) is 4.72 Å². The van der Waals surface area contributed by atoms with Crippen LogP contribution in [0.5, 0.6) is 0 Å². The summed E-state index contributed by atoms with van der Waals surface area (Å²) in [5.74, 6) is 0.400. The first-order valence-electron chi connectivity index (χ1n) is 5.64. The highest BCUT2D eigenvalue weighted by Gasteiger charge is 2.13. The largest absolute Gasteiger partial charge is 0.438 e. The monoisotopic (exact) mass is 380 g/mol. The first-order valence-corrected chi connectivity index (χ1v) is 9.21. The highest BCUT2D eigenvalue weighted by atomic mass is 79.9. The maximum Gasteiger partial charge on any atom is 0.208 e. The third-order valence-corrected chi connectivity index (χ3v) is 5.17. The lowest BCUT2D eigenvalue weighted by Gasteiger charge is -2.17. The topological polar surface area (TPSA) is 79.6 Å². The number of nitrogens with one attached hydrogen (secondary N) is 1. The average Bonchev–Trinajstić information content (AvgIpc) is 2.70. The molecule has 0 saturated carbocycles. The lowest BCUT2D eigenvalue weighted by Crippen LogP contribution is -2.32. The van der Waals surface area contributed by atoms with Crippen molar-refractivity contribution in [3.8, 4) is 0 Å². The number of hydrogen-bond acceptors (Lipinski definition) is 6. The van der Waals surface area contributed by atoms with E-state index in [1.54, 1.807) is 17.3 Å². The summed E-state index contributed by atoms with van der Waals surface area (Å²) in [5, 5.41) is 1.80. The van der Waals surface area contributed by atoms with Crippen LogP contribution in [0.3, 0.4) is 0 Å². The maximum absolute atomic E-state index is 11.9. The van der Waals surface area contributed by atoms with Crippen LogP contribution < -0.4 is 15.1 Å². The molecular formula is C11H13BrN2O4S2. The first-order chi connectivity index (χ1) is 9.28. The van der Waals surface area contributed by atoms with Gasteiger partial charge in [0.05, 0.1) is 10.7 Å². The Morgan fingerprint density at radius 2 is 2.20 bits per heavy atom. The Hall–Kier alpha value is -0.900. The molecule has 2 aromatic heterocycles. The normalized spacial score (nSPS) is 11.9. The van der Waals surface area contributed by atoms with E-state index in [0.717, 1.165) is 10.7 Å². The first kappa shape index (κ1) is 15.5. The van der Waals surface area contributed by atoms with Gasteiger partial charge in [-0.15, -0.1) is 11.3 Å². The van der Waals surface area contributed by atoms with Crippen LogP contribution in [-0.2, 0) is 10.0 Å². The minimum Gasteiger partial charge on any atom is -0.438 e. The van der Waals surface area contributed by atoms with E-state index in [2.05, 4.69) is 20.7 Å². The Bertz CT molecular complexity index is 781. The van der Waals surface area contributed by atoms with Crippen LogP contribution in [0.25, 0.3) is 10.3 Å². The van der Waals surface area contributed by atoms with E-state index in [4.69, 9.17) is 4.42 Å². The predicted molar refractivity (Wildman–Crippen MR) is 84.2 cm³/mol. The van der Waals surface area contributed by atoms with Crippen molar-refractivity contribution in [2.75, 3.05) is 31.3 Å². The van der Waals surface area contributed by atoms with E-state index >= 15 is 0 Å². The summed E-state index contributed by atoms with van der Waals surface area (Å²) in [6, 6.07) is 1.41. The van der Waals surface area contributed by atoms with Gasteiger partial charge in [0, 0.05) is 31.6 Å². The van der Waals surface area contributed by atoms with Crippen molar-refractivity contribution in [2.45, 2.75) is 0 Å². The lowest BCUT2D eigenvalue weighted by atomic mass is 10.4. The minimum absolute atomic E-state index is 0.111. The Kier molecular flexibility index (Phi) is 4.52. The molecule has 2 aromatic rings. The van der Waals surface area contributed by atoms with Gasteiger partial charge < -0.3 is 9.32 Å². The molecule has 0 aliphatic heterocycles. The molecule has 0 aromatic carbocycles. The van der Waals surface area contributed by atoms with Crippen molar-refractivity contribution in [3.05, 3.63) is 26.1 Å². The van der Waals surface area contributed by atoms with E-state index in [9.17, 15) is 13.2 Å². The third kappa shape index (κ3) is 3.60. The van der Waals surface area contributed by atoms with Crippen molar-refractivity contribution in [1.29, 1.82) is 0 Å². The smallest absolute Gasteiger partial charge is 0.208 e. The molecule has 0 saturated heterocycles. The predicted octanol–water partition coefficient (Wildman–Crippen LogP) is 1.60. The van der Waals surface area contributed by atoms with Crippen LogP contribution in [0.15, 0.2) is 25.1 Å². The summed E-state index contributed by atoms with van der Waals surface area (Å²) in [6.45, 7) is 0.630. The molecule has 20 heavy (non-hydrogen) atoms. The quantitative estimate of drug-likeness (QED) is 0.851. The second-order valence-electron chi connectivity index (χ2n) is 4.28. The molecule has 0 aliphatic carbocycles. The summed E-state index contributed by atoms with van der Waals surface area (Å²) in [4.78, 5) is 13.6. The SMILES string of the molecule is CN(CCNS(C)(=O)=O)c1cc(=O)c2scc(Br)c2o1. The van der Waals surface area contributed by atoms with Gasteiger partial charge in [-0.2, -0.15) is 0 Å². The van der Waals surface area contributed by atoms with Crippen LogP contribution in [0.4, 0.5) is 5.88 Å². The molecule has 0 amide bonds. The van der Waals surface area contributed by atoms with Gasteiger partial charge in [0.15, 0.2) is 11.5 Å². The van der Waals surface area contributed by atoms with Gasteiger partial charge in [-0.25, -0.2) is 13.1 Å². The van der Waals surface area contributed by atoms with Gasteiger partial charge in [0.1, 0.15) is 4.70 Å². The Morgan fingerprint density at radius 1 is 1.50 bits per heavy atom. The summed E-state index contributed by atoms with van der Waals surface area (Å²) in [5.41, 5.74) is 0.403. The van der Waals surface area contributed by atoms with Gasteiger partial charge >= 0.3 is 0 Å². The van der Waals surface area contributed by atoms with E-state index in [-0.39, 0.29) is 12.0 Å². The van der Waals surface area contributed by atoms with Gasteiger partial charge in [-0.1, -0.05) is 0 Å². The zero-order chi connectivity index (χ0) is 14.9. The highest BCUT2D eigenvalue weighted by molar-refractivity contribution is 9.10. The molecule has 2 rings (SSSR count). The van der Waals surface area contributed by atoms with Crippen LogP contribution >= 0.6 is 27.3 Å². The molecule has 0 aliphatic rings. The summed E-state index contributed by atoms with van der Waals surface area (Å²) < 4.78 is 31.3. The molecule has 6 nitrogen and oxygen atoms in total. The van der Waals surface area contributed by atoms with E-state index in [0.29, 0.717) is 22.7 Å². The molecule has 0 atom stereocenters. The average molecular weight is 381 g/mol. The summed E-state index contributed by atoms with van der Waals surface area (Å²) in [7, 11) is -1.49. The van der Waals surface area contributed by atoms with Crippen molar-refractivity contribution in [3.63, 3.8) is 0 Å². The second kappa shape index (κ2) is 5.84. The Balaban J connectivity index is 2.20. The highest BCUT2D eigenvalue weighted by Crippen LogP contribution is 2.30. The van der Waals surface area contributed by atoms with Crippen LogP contribution in [0.2, 0.25) is 0 Å². The number of anilines is 1. The minimum atomic E-state index is -3.22. The fourth-order valence-corrected chi connectivity index (χ4v) is 3.51. The molecule has 0 bridgehead atoms. The zero-order valence-electron chi connectivity index (χ0n) is 10.8. The lowest BCUT2D eigenvalue weighted by molar-refractivity contribution is 0.573. The maximum atomic E-state index is 11.9. The molecule has 0 radical (unpaired) electrons. The molecule has 0 fully saturated rings. The summed E-state index contributed by atoms with van der Waals surface area (Å²) >= 11 is 4.65. The van der Waals surface area contributed by atoms with Gasteiger partial charge in [0.2, 0.25) is 15.5 Å². The van der Waals surface area contributed by atoms with Crippen LogP contribution in [0, 0.1) is 0 Å². The van der Waals surface area contributed by atoms with E-state index < -0.39 is 10.0 Å². The number of fused-ring (bicyclic) bond motifs is 1. The Morgan fingerprint density at radius 3 is 2.85 bits per heavy atom. The fourth-order valence-electron chi connectivity index (χ4n) is 1.60. The molecular weight excluding hydrogens is 368 g/mol. The molecule has 110 valence electrons. The summed E-state index contributed by atoms with van der Waals surface area (Å²) in [6.07, 6.45) is 1.10. The van der Waals surface area contributed by atoms with Gasteiger partial charge in [-0.05, 0) is 15.9 Å². The molecule has 0 unspecified atom stereocenters. The van der Waals surface area contributed by atoms with Crippen LogP contribution in [0.1, 0.15) is 0 Å². The fraction of sp³-hybridized carbons (Fsp3) is 0.364. The number of halogens is 1. The second-order valence-corrected chi connectivity index (χ2v) is 7.85. The van der Waals surface area contributed by atoms with Crippen molar-refractivity contribution in [2.24, 2.45) is 0 Å². The van der Waals surface area contributed by atoms with Gasteiger partial charge in [-0.3, -0.25) is 4.79 Å². The van der Waals surface area contributed by atoms with E-state index in [1.807, 2.05) is 0 Å².